The minimum atomic E-state index is -0.164. The van der Waals surface area contributed by atoms with Gasteiger partial charge in [0.25, 0.3) is 0 Å². The molecule has 0 spiro atoms. The highest BCUT2D eigenvalue weighted by molar-refractivity contribution is 5.20. The number of hydrogen-bond donors (Lipinski definition) is 0. The lowest BCUT2D eigenvalue weighted by Gasteiger charge is -2.25. The molecule has 1 aliphatic rings. The van der Waals surface area contributed by atoms with E-state index < -0.39 is 0 Å². The van der Waals surface area contributed by atoms with Crippen molar-refractivity contribution in [1.82, 2.24) is 5.73 Å². The predicted molar refractivity (Wildman–Crippen MR) is 54.5 cm³/mol. The summed E-state index contributed by atoms with van der Waals surface area (Å²) >= 11 is 0. The van der Waals surface area contributed by atoms with Gasteiger partial charge in [-0.1, -0.05) is 12.1 Å². The van der Waals surface area contributed by atoms with E-state index in [0.717, 1.165) is 25.7 Å². The van der Waals surface area contributed by atoms with E-state index in [9.17, 15) is 4.39 Å². The molecule has 0 bridgehead atoms. The van der Waals surface area contributed by atoms with Crippen LogP contribution in [0.5, 0.6) is 0 Å². The van der Waals surface area contributed by atoms with Crippen LogP contribution in [-0.4, -0.2) is 6.04 Å². The Morgan fingerprint density at radius 2 is 1.57 bits per heavy atom. The van der Waals surface area contributed by atoms with Crippen LogP contribution in [0.4, 0.5) is 4.39 Å². The Morgan fingerprint density at radius 1 is 1.00 bits per heavy atom. The molecule has 0 amide bonds. The van der Waals surface area contributed by atoms with Gasteiger partial charge < -0.3 is 0 Å². The van der Waals surface area contributed by atoms with E-state index in [1.54, 1.807) is 0 Å². The number of rotatable bonds is 1. The third kappa shape index (κ3) is 2.13. The molecule has 14 heavy (non-hydrogen) atoms. The van der Waals surface area contributed by atoms with Crippen molar-refractivity contribution in [1.29, 1.82) is 0 Å². The Bertz CT molecular complexity index is 286. The standard InChI is InChI=1S/C12H15FN/c13-11-5-1-9(2-6-11)10-3-7-12(14)8-4-10/h1-2,5-6,10,12,14H,3-4,7-8H2. The van der Waals surface area contributed by atoms with Gasteiger partial charge in [0, 0.05) is 6.04 Å². The Kier molecular flexibility index (Phi) is 2.82. The van der Waals surface area contributed by atoms with Gasteiger partial charge in [-0.3, -0.25) is 5.73 Å². The zero-order valence-corrected chi connectivity index (χ0v) is 8.17. The summed E-state index contributed by atoms with van der Waals surface area (Å²) in [5.41, 5.74) is 8.83. The fraction of sp³-hybridized carbons (Fsp3) is 0.500. The van der Waals surface area contributed by atoms with E-state index in [1.807, 2.05) is 12.1 Å². The molecule has 2 rings (SSSR count). The summed E-state index contributed by atoms with van der Waals surface area (Å²) < 4.78 is 12.7. The number of benzene rings is 1. The summed E-state index contributed by atoms with van der Waals surface area (Å²) in [5.74, 6) is 0.389. The quantitative estimate of drug-likeness (QED) is 0.652. The maximum absolute atomic E-state index is 12.7. The molecule has 1 aromatic carbocycles. The van der Waals surface area contributed by atoms with Crippen LogP contribution in [-0.2, 0) is 0 Å². The second kappa shape index (κ2) is 4.09. The lowest BCUT2D eigenvalue weighted by atomic mass is 9.82. The first-order chi connectivity index (χ1) is 6.75. The summed E-state index contributed by atoms with van der Waals surface area (Å²) in [6, 6.07) is 6.95. The summed E-state index contributed by atoms with van der Waals surface area (Å²) in [6.07, 6.45) is 4.14. The van der Waals surface area contributed by atoms with Crippen LogP contribution in [0.25, 0.3) is 0 Å². The Balaban J connectivity index is 2.05. The van der Waals surface area contributed by atoms with Crippen LogP contribution in [0.3, 0.4) is 0 Å². The molecule has 1 nitrogen and oxygen atoms in total. The van der Waals surface area contributed by atoms with E-state index >= 15 is 0 Å². The van der Waals surface area contributed by atoms with Crippen molar-refractivity contribution in [3.63, 3.8) is 0 Å². The molecular formula is C12H15FN. The molecule has 75 valence electrons. The van der Waals surface area contributed by atoms with Crippen LogP contribution >= 0.6 is 0 Å². The number of hydrogen-bond acceptors (Lipinski definition) is 0. The van der Waals surface area contributed by atoms with Crippen molar-refractivity contribution < 1.29 is 4.39 Å². The third-order valence-corrected chi connectivity index (χ3v) is 3.07. The van der Waals surface area contributed by atoms with Crippen LogP contribution in [0.1, 0.15) is 37.2 Å². The Hall–Kier alpha value is -0.890. The fourth-order valence-electron chi connectivity index (χ4n) is 2.16. The van der Waals surface area contributed by atoms with Crippen molar-refractivity contribution in [2.75, 3.05) is 0 Å². The minimum Gasteiger partial charge on any atom is -0.255 e. The van der Waals surface area contributed by atoms with Crippen LogP contribution < -0.4 is 5.73 Å². The minimum absolute atomic E-state index is 0.131. The van der Waals surface area contributed by atoms with Gasteiger partial charge in [-0.25, -0.2) is 4.39 Å². The second-order valence-corrected chi connectivity index (χ2v) is 4.10. The molecule has 0 heterocycles. The molecule has 1 N–H and O–H groups in total. The van der Waals surface area contributed by atoms with E-state index in [1.165, 1.54) is 17.7 Å². The summed E-state index contributed by atoms with van der Waals surface area (Å²) in [4.78, 5) is 0. The summed E-state index contributed by atoms with van der Waals surface area (Å²) in [6.45, 7) is 0. The third-order valence-electron chi connectivity index (χ3n) is 3.07. The molecule has 1 aromatic rings. The fourth-order valence-corrected chi connectivity index (χ4v) is 2.16. The first-order valence-corrected chi connectivity index (χ1v) is 5.22. The highest BCUT2D eigenvalue weighted by Crippen LogP contribution is 2.32. The van der Waals surface area contributed by atoms with Gasteiger partial charge in [0.2, 0.25) is 0 Å². The highest BCUT2D eigenvalue weighted by Gasteiger charge is 2.19. The molecule has 1 fully saturated rings. The molecule has 0 atom stereocenters. The molecule has 1 radical (unpaired) electrons. The van der Waals surface area contributed by atoms with Crippen molar-refractivity contribution in [3.8, 4) is 0 Å². The van der Waals surface area contributed by atoms with Gasteiger partial charge in [-0.05, 0) is 49.3 Å². The number of halogens is 1. The molecule has 0 aliphatic heterocycles. The van der Waals surface area contributed by atoms with Crippen molar-refractivity contribution in [2.45, 2.75) is 37.6 Å². The lowest BCUT2D eigenvalue weighted by Crippen LogP contribution is -2.18. The smallest absolute Gasteiger partial charge is 0.123 e. The molecular weight excluding hydrogens is 177 g/mol. The van der Waals surface area contributed by atoms with Gasteiger partial charge in [-0.2, -0.15) is 0 Å². The van der Waals surface area contributed by atoms with Crippen LogP contribution in [0, 0.1) is 5.82 Å². The zero-order chi connectivity index (χ0) is 9.97. The van der Waals surface area contributed by atoms with Crippen molar-refractivity contribution in [2.24, 2.45) is 0 Å². The summed E-state index contributed by atoms with van der Waals surface area (Å²) in [5, 5.41) is 0. The van der Waals surface area contributed by atoms with Gasteiger partial charge in [0.05, 0.1) is 0 Å². The van der Waals surface area contributed by atoms with E-state index in [-0.39, 0.29) is 11.9 Å². The number of nitrogens with one attached hydrogen (secondary N) is 1. The van der Waals surface area contributed by atoms with Crippen LogP contribution in [0.2, 0.25) is 0 Å². The second-order valence-electron chi connectivity index (χ2n) is 4.10. The summed E-state index contributed by atoms with van der Waals surface area (Å²) in [7, 11) is 0. The SMILES string of the molecule is [NH]C1CCC(c2ccc(F)cc2)CC1. The maximum Gasteiger partial charge on any atom is 0.123 e. The van der Waals surface area contributed by atoms with Gasteiger partial charge >= 0.3 is 0 Å². The van der Waals surface area contributed by atoms with E-state index in [4.69, 9.17) is 5.73 Å². The van der Waals surface area contributed by atoms with Gasteiger partial charge in [-0.15, -0.1) is 0 Å². The van der Waals surface area contributed by atoms with E-state index in [2.05, 4.69) is 0 Å². The van der Waals surface area contributed by atoms with E-state index in [0.29, 0.717) is 5.92 Å². The van der Waals surface area contributed by atoms with Crippen molar-refractivity contribution >= 4 is 0 Å². The molecule has 1 saturated carbocycles. The molecule has 1 aliphatic carbocycles. The first-order valence-electron chi connectivity index (χ1n) is 5.22. The topological polar surface area (TPSA) is 23.8 Å². The first kappa shape index (κ1) is 9.66. The average Bonchev–Trinajstić information content (AvgIpc) is 2.21. The molecule has 0 aromatic heterocycles. The molecule has 0 saturated heterocycles. The largest absolute Gasteiger partial charge is 0.255 e. The van der Waals surface area contributed by atoms with Gasteiger partial charge in [0.15, 0.2) is 0 Å². The molecule has 2 heteroatoms. The molecule has 0 unspecified atom stereocenters. The average molecular weight is 192 g/mol. The van der Waals surface area contributed by atoms with Crippen molar-refractivity contribution in [3.05, 3.63) is 35.6 Å². The lowest BCUT2D eigenvalue weighted by molar-refractivity contribution is 0.388. The Labute approximate surface area is 84.1 Å². The van der Waals surface area contributed by atoms with Gasteiger partial charge in [0.1, 0.15) is 5.82 Å². The van der Waals surface area contributed by atoms with Crippen LogP contribution in [0.15, 0.2) is 24.3 Å². The highest BCUT2D eigenvalue weighted by atomic mass is 19.1. The normalized spacial score (nSPS) is 27.6. The monoisotopic (exact) mass is 192 g/mol. The predicted octanol–water partition coefficient (Wildman–Crippen LogP) is 3.13. The maximum atomic E-state index is 12.7. The Morgan fingerprint density at radius 3 is 2.14 bits per heavy atom. The zero-order valence-electron chi connectivity index (χ0n) is 8.17.